The number of rotatable bonds is 12. The lowest BCUT2D eigenvalue weighted by molar-refractivity contribution is -0.153. The zero-order valence-corrected chi connectivity index (χ0v) is 22.1. The van der Waals surface area contributed by atoms with Gasteiger partial charge in [-0.3, -0.25) is 9.69 Å². The van der Waals surface area contributed by atoms with Gasteiger partial charge >= 0.3 is 5.97 Å². The van der Waals surface area contributed by atoms with Crippen LogP contribution in [0.3, 0.4) is 0 Å². The van der Waals surface area contributed by atoms with Crippen LogP contribution in [0.4, 0.5) is 0 Å². The number of nitrogens with one attached hydrogen (secondary N) is 1. The first kappa shape index (κ1) is 27.2. The number of benzene rings is 2. The maximum absolute atomic E-state index is 13.0. The maximum Gasteiger partial charge on any atom is 0.323 e. The number of methoxy groups -OCH3 is 2. The molecule has 2 aliphatic heterocycles. The van der Waals surface area contributed by atoms with Crippen molar-refractivity contribution in [1.82, 2.24) is 10.2 Å². The second-order valence-corrected chi connectivity index (χ2v) is 9.53. The maximum atomic E-state index is 13.0. The molecule has 1 N–H and O–H groups in total. The lowest BCUT2D eigenvalue weighted by atomic mass is 10.00. The van der Waals surface area contributed by atoms with Crippen molar-refractivity contribution in [3.8, 4) is 17.2 Å². The molecule has 4 rings (SSSR count). The van der Waals surface area contributed by atoms with Gasteiger partial charge in [-0.2, -0.15) is 0 Å². The van der Waals surface area contributed by atoms with E-state index in [0.717, 1.165) is 82.0 Å². The molecule has 0 saturated carbocycles. The van der Waals surface area contributed by atoms with Gasteiger partial charge in [0, 0.05) is 19.6 Å². The minimum absolute atomic E-state index is 0.185. The molecular weight excluding hydrogens is 472 g/mol. The normalized spacial score (nSPS) is 19.1. The van der Waals surface area contributed by atoms with Crippen LogP contribution in [-0.2, 0) is 20.7 Å². The highest BCUT2D eigenvalue weighted by molar-refractivity contribution is 5.76. The Kier molecular flexibility index (Phi) is 10.5. The van der Waals surface area contributed by atoms with Crippen molar-refractivity contribution in [2.24, 2.45) is 0 Å². The number of ether oxygens (including phenoxy) is 5. The van der Waals surface area contributed by atoms with Gasteiger partial charge in [-0.1, -0.05) is 24.6 Å². The molecule has 2 unspecified atom stereocenters. The first-order valence-corrected chi connectivity index (χ1v) is 13.3. The Labute approximate surface area is 220 Å². The number of hydrogen-bond acceptors (Lipinski definition) is 8. The van der Waals surface area contributed by atoms with E-state index in [1.165, 1.54) is 0 Å². The third-order valence-corrected chi connectivity index (χ3v) is 7.01. The summed E-state index contributed by atoms with van der Waals surface area (Å²) in [6.07, 6.45) is 3.92. The standard InChI is InChI=1S/C29H40N2O6/c1-33-27-12-10-22(20-28(27)34-2)9-11-26(37-29(32)25-8-3-4-13-30-25)23-6-5-7-24(21-23)36-19-16-31-14-17-35-18-15-31/h5-7,10,12,20-21,25-26,30H,3-4,8-9,11,13-19H2,1-2H3. The lowest BCUT2D eigenvalue weighted by Crippen LogP contribution is -2.41. The predicted octanol–water partition coefficient (Wildman–Crippen LogP) is 3.77. The van der Waals surface area contributed by atoms with E-state index in [1.54, 1.807) is 14.2 Å². The van der Waals surface area contributed by atoms with Crippen LogP contribution in [0, 0.1) is 0 Å². The molecule has 8 heteroatoms. The summed E-state index contributed by atoms with van der Waals surface area (Å²) in [5.74, 6) is 1.99. The summed E-state index contributed by atoms with van der Waals surface area (Å²) in [6, 6.07) is 13.6. The fourth-order valence-corrected chi connectivity index (χ4v) is 4.82. The van der Waals surface area contributed by atoms with Crippen LogP contribution in [0.15, 0.2) is 42.5 Å². The molecule has 0 bridgehead atoms. The van der Waals surface area contributed by atoms with E-state index in [-0.39, 0.29) is 18.1 Å². The highest BCUT2D eigenvalue weighted by Crippen LogP contribution is 2.31. The van der Waals surface area contributed by atoms with E-state index in [2.05, 4.69) is 10.2 Å². The smallest absolute Gasteiger partial charge is 0.323 e. The van der Waals surface area contributed by atoms with Crippen molar-refractivity contribution in [1.29, 1.82) is 0 Å². The molecule has 0 radical (unpaired) electrons. The van der Waals surface area contributed by atoms with E-state index in [4.69, 9.17) is 23.7 Å². The van der Waals surface area contributed by atoms with Gasteiger partial charge in [-0.25, -0.2) is 0 Å². The van der Waals surface area contributed by atoms with Gasteiger partial charge in [0.2, 0.25) is 0 Å². The number of morpholine rings is 1. The van der Waals surface area contributed by atoms with Crippen LogP contribution in [0.5, 0.6) is 17.2 Å². The van der Waals surface area contributed by atoms with Gasteiger partial charge in [0.15, 0.2) is 11.5 Å². The van der Waals surface area contributed by atoms with Crippen molar-refractivity contribution < 1.29 is 28.5 Å². The van der Waals surface area contributed by atoms with Crippen LogP contribution in [0.2, 0.25) is 0 Å². The Morgan fingerprint density at radius 1 is 1.08 bits per heavy atom. The summed E-state index contributed by atoms with van der Waals surface area (Å²) in [5, 5.41) is 3.30. The number of carbonyl (C=O) groups is 1. The van der Waals surface area contributed by atoms with Crippen molar-refractivity contribution in [3.63, 3.8) is 0 Å². The second kappa shape index (κ2) is 14.2. The van der Waals surface area contributed by atoms with E-state index < -0.39 is 0 Å². The highest BCUT2D eigenvalue weighted by Gasteiger charge is 2.26. The average molecular weight is 513 g/mol. The lowest BCUT2D eigenvalue weighted by Gasteiger charge is -2.27. The third-order valence-electron chi connectivity index (χ3n) is 7.01. The summed E-state index contributed by atoms with van der Waals surface area (Å²) in [5.41, 5.74) is 2.03. The summed E-state index contributed by atoms with van der Waals surface area (Å²) in [6.45, 7) is 5.74. The summed E-state index contributed by atoms with van der Waals surface area (Å²) >= 11 is 0. The fraction of sp³-hybridized carbons (Fsp3) is 0.552. The van der Waals surface area contributed by atoms with Gasteiger partial charge in [-0.15, -0.1) is 0 Å². The monoisotopic (exact) mass is 512 g/mol. The number of nitrogens with zero attached hydrogens (tertiary/aromatic N) is 1. The number of piperidine rings is 1. The molecule has 0 aromatic heterocycles. The number of esters is 1. The average Bonchev–Trinajstić information content (AvgIpc) is 2.96. The van der Waals surface area contributed by atoms with E-state index in [0.29, 0.717) is 24.5 Å². The zero-order valence-electron chi connectivity index (χ0n) is 22.1. The largest absolute Gasteiger partial charge is 0.493 e. The molecule has 2 fully saturated rings. The topological polar surface area (TPSA) is 78.5 Å². The van der Waals surface area contributed by atoms with Crippen LogP contribution in [0.25, 0.3) is 0 Å². The molecule has 0 aliphatic carbocycles. The fourth-order valence-electron chi connectivity index (χ4n) is 4.82. The molecule has 2 aromatic carbocycles. The molecule has 2 heterocycles. The van der Waals surface area contributed by atoms with Crippen molar-refractivity contribution in [3.05, 3.63) is 53.6 Å². The summed E-state index contributed by atoms with van der Waals surface area (Å²) < 4.78 is 28.4. The van der Waals surface area contributed by atoms with E-state index >= 15 is 0 Å². The van der Waals surface area contributed by atoms with E-state index in [1.807, 2.05) is 42.5 Å². The minimum atomic E-state index is -0.382. The van der Waals surface area contributed by atoms with Crippen molar-refractivity contribution in [2.75, 3.05) is 60.2 Å². The van der Waals surface area contributed by atoms with Crippen LogP contribution < -0.4 is 19.5 Å². The second-order valence-electron chi connectivity index (χ2n) is 9.53. The summed E-state index contributed by atoms with van der Waals surface area (Å²) in [4.78, 5) is 15.4. The predicted molar refractivity (Wildman–Crippen MR) is 142 cm³/mol. The van der Waals surface area contributed by atoms with Gasteiger partial charge in [-0.05, 0) is 67.6 Å². The molecule has 2 aliphatic rings. The molecule has 2 atom stereocenters. The van der Waals surface area contributed by atoms with Crippen molar-refractivity contribution in [2.45, 2.75) is 44.2 Å². The molecule has 0 amide bonds. The number of aryl methyl sites for hydroxylation is 1. The Morgan fingerprint density at radius 3 is 2.68 bits per heavy atom. The third kappa shape index (κ3) is 8.09. The molecule has 0 spiro atoms. The molecular formula is C29H40N2O6. The molecule has 8 nitrogen and oxygen atoms in total. The quantitative estimate of drug-likeness (QED) is 0.431. The van der Waals surface area contributed by atoms with Crippen LogP contribution >= 0.6 is 0 Å². The van der Waals surface area contributed by atoms with Crippen LogP contribution in [0.1, 0.15) is 42.9 Å². The van der Waals surface area contributed by atoms with E-state index in [9.17, 15) is 4.79 Å². The molecule has 2 aromatic rings. The Morgan fingerprint density at radius 2 is 1.92 bits per heavy atom. The van der Waals surface area contributed by atoms with Gasteiger partial charge in [0.05, 0.1) is 27.4 Å². The molecule has 2 saturated heterocycles. The SMILES string of the molecule is COc1ccc(CCC(OC(=O)C2CCCCN2)c2cccc(OCCN3CCOCC3)c2)cc1OC. The first-order chi connectivity index (χ1) is 18.2. The molecule has 37 heavy (non-hydrogen) atoms. The number of carbonyl (C=O) groups excluding carboxylic acids is 1. The Balaban J connectivity index is 1.43. The zero-order chi connectivity index (χ0) is 25.9. The Bertz CT molecular complexity index is 988. The Hall–Kier alpha value is -2.81. The number of hydrogen-bond donors (Lipinski definition) is 1. The highest BCUT2D eigenvalue weighted by atomic mass is 16.5. The first-order valence-electron chi connectivity index (χ1n) is 13.3. The molecule has 202 valence electrons. The minimum Gasteiger partial charge on any atom is -0.493 e. The van der Waals surface area contributed by atoms with Crippen molar-refractivity contribution >= 4 is 5.97 Å². The van der Waals surface area contributed by atoms with Gasteiger partial charge in [0.25, 0.3) is 0 Å². The van der Waals surface area contributed by atoms with Gasteiger partial charge in [0.1, 0.15) is 24.5 Å². The van der Waals surface area contributed by atoms with Gasteiger partial charge < -0.3 is 29.0 Å². The van der Waals surface area contributed by atoms with Crippen LogP contribution in [-0.4, -0.2) is 77.1 Å². The summed E-state index contributed by atoms with van der Waals surface area (Å²) in [7, 11) is 3.26.